The number of carboxylic acid groups (broad SMARTS) is 4. The van der Waals surface area contributed by atoms with E-state index in [1.165, 1.54) is 48.2 Å². The van der Waals surface area contributed by atoms with E-state index in [-0.39, 0.29) is 110 Å². The number of hydrazone groups is 1. The van der Waals surface area contributed by atoms with Crippen LogP contribution in [0.25, 0.3) is 11.2 Å². The number of benzene rings is 1. The summed E-state index contributed by atoms with van der Waals surface area (Å²) in [7, 11) is 4.69. The van der Waals surface area contributed by atoms with Gasteiger partial charge in [0.05, 0.1) is 66.3 Å². The maximum Gasteiger partial charge on any atom is 0.326 e. The van der Waals surface area contributed by atoms with E-state index in [0.29, 0.717) is 95.1 Å². The SMILES string of the molecule is CO[C@@]12[C@H](CCC(C)=O)C3=C(C(=O)C(C)=C(CCCSSCCNC(=O)CC/C(C)=N/NC(=O)CCN4C(=O)CC(SC[C@H](CC(=O)[C@H](CC(=O)O)NC(=O)[C@H](CCCNC(=N)N)CC(=O)[C@H](CC(=O)O)NC(=O)CC[C@H](NC(=O)c5ccc(NCc6cnc7nc(N)[nH]c(=O)c7n6)cc5)C(=O)O)C(=O)O)C4=O)C3=O)N1C[C@@H]1N[C@@H]12. The number of aliphatic carboxylic acids is 4. The fourth-order valence-electron chi connectivity index (χ4n) is 13.8. The van der Waals surface area contributed by atoms with Gasteiger partial charge in [-0.05, 0) is 90.0 Å². The molecular formula is C72H92N18O22S3. The van der Waals surface area contributed by atoms with Crippen molar-refractivity contribution in [3.05, 3.63) is 74.5 Å². The lowest BCUT2D eigenvalue weighted by atomic mass is 9.77. The van der Waals surface area contributed by atoms with Crippen LogP contribution >= 0.6 is 33.3 Å². The number of nitrogens with zero attached hydrogens (tertiary/aromatic N) is 6. The fraction of sp³-hybridized carbons (Fsp3) is 0.528. The first kappa shape index (κ1) is 89.5. The summed E-state index contributed by atoms with van der Waals surface area (Å²) in [4.78, 5) is 239. The molecule has 0 saturated carbocycles. The van der Waals surface area contributed by atoms with E-state index >= 15 is 0 Å². The number of carbonyl (C=O) groups is 16. The second-order valence-electron chi connectivity index (χ2n) is 28.0. The minimum absolute atomic E-state index is 0.00174. The molecule has 0 bridgehead atoms. The first-order chi connectivity index (χ1) is 54.6. The van der Waals surface area contributed by atoms with Crippen LogP contribution in [0.5, 0.6) is 0 Å². The number of imide groups is 1. The van der Waals surface area contributed by atoms with E-state index in [4.69, 9.17) is 21.6 Å². The van der Waals surface area contributed by atoms with E-state index < -0.39 is 186 Å². The smallest absolute Gasteiger partial charge is 0.326 e. The Morgan fingerprint density at radius 1 is 0.765 bits per heavy atom. The predicted octanol–water partition coefficient (Wildman–Crippen LogP) is -0.191. The molecule has 1 aromatic carbocycles. The summed E-state index contributed by atoms with van der Waals surface area (Å²) in [5, 5.41) is 68.7. The van der Waals surface area contributed by atoms with Gasteiger partial charge in [-0.1, -0.05) is 21.6 Å². The number of hydrogen-bond donors (Lipinski definition) is 16. The summed E-state index contributed by atoms with van der Waals surface area (Å²) in [6, 6.07) is 0.291. The summed E-state index contributed by atoms with van der Waals surface area (Å²) >= 11 is 0.705. The lowest BCUT2D eigenvalue weighted by Crippen LogP contribution is -2.54. The van der Waals surface area contributed by atoms with Gasteiger partial charge in [0, 0.05) is 147 Å². The van der Waals surface area contributed by atoms with E-state index in [1.807, 2.05) is 4.90 Å². The standard InChI is InChI=1S/C72H92N18O22S3/c1-34(9-17-51(94)76-21-24-115-114-23-6-8-42-36(3)60(102)59-57(61(42)103)43(15-10-35(2)91)72(112-4)62-47(82-62)32-90(59)72)87-88-53(96)19-22-89-54(97)29-50(67(89)107)113-33-39(68(108)109)26-49(93)46(28-56(100)101)84-65(105)38(7-5-20-77-70(73)74)25-48(92)45(27-55(98)99)81-52(95)18-16-44(69(110)111)83-64(104)37-11-13-40(14-12-37)78-30-41-31-79-63-58(80-41)66(106)86-71(75)85-63/h11-14,31,38-39,43-47,50,62,78,82H,5-10,15-30,32-33H2,1-4H3,(H,76,94)(H,81,95)(H,83,104)(H,84,105)(H,88,96)(H,98,99)(H,100,101)(H,108,109)(H,110,111)(H4,73,74,77)(H3,75,79,85,86,106)/b87-34+/t38-,39+,43-,44+,45+,46+,47+,50?,62+,72-/m1/s1. The molecule has 6 heterocycles. The highest BCUT2D eigenvalue weighted by Gasteiger charge is 2.72. The molecule has 0 radical (unpaired) electrons. The van der Waals surface area contributed by atoms with Crippen molar-refractivity contribution in [2.45, 2.75) is 171 Å². The number of ether oxygens (including phenoxy) is 1. The van der Waals surface area contributed by atoms with Crippen molar-refractivity contribution in [1.82, 2.24) is 67.1 Å². The van der Waals surface area contributed by atoms with Gasteiger partial charge in [0.15, 0.2) is 40.2 Å². The highest BCUT2D eigenvalue weighted by atomic mass is 33.1. The molecule has 1 unspecified atom stereocenters. The molecule has 10 atom stereocenters. The second-order valence-corrected chi connectivity index (χ2v) is 32.0. The average molecular weight is 1660 g/mol. The molecule has 4 aliphatic heterocycles. The molecule has 3 saturated heterocycles. The number of fused-ring (bicyclic) bond motifs is 5. The summed E-state index contributed by atoms with van der Waals surface area (Å²) in [5.41, 5.74) is 14.7. The number of allylic oxidation sites excluding steroid dienone is 2. The van der Waals surface area contributed by atoms with Crippen molar-refractivity contribution >= 4 is 162 Å². The van der Waals surface area contributed by atoms with Crippen LogP contribution in [0.15, 0.2) is 62.8 Å². The van der Waals surface area contributed by atoms with Gasteiger partial charge >= 0.3 is 23.9 Å². The number of amides is 7. The van der Waals surface area contributed by atoms with Crippen molar-refractivity contribution < 1.29 is 102 Å². The molecule has 620 valence electrons. The Labute approximate surface area is 668 Å². The Kier molecular flexibility index (Phi) is 32.1. The van der Waals surface area contributed by atoms with Gasteiger partial charge in [0.1, 0.15) is 11.8 Å². The molecule has 115 heavy (non-hydrogen) atoms. The molecule has 43 heteroatoms. The zero-order valence-corrected chi connectivity index (χ0v) is 65.7. The first-order valence-corrected chi connectivity index (χ1v) is 40.3. The van der Waals surface area contributed by atoms with E-state index in [9.17, 15) is 102 Å². The van der Waals surface area contributed by atoms with E-state index in [0.717, 1.165) is 4.90 Å². The van der Waals surface area contributed by atoms with Gasteiger partial charge in [-0.25, -0.2) is 20.2 Å². The van der Waals surface area contributed by atoms with E-state index in [1.54, 1.807) is 31.8 Å². The lowest BCUT2D eigenvalue weighted by Gasteiger charge is -2.40. The van der Waals surface area contributed by atoms with Crippen LogP contribution in [0.3, 0.4) is 0 Å². The molecule has 40 nitrogen and oxygen atoms in total. The van der Waals surface area contributed by atoms with Crippen molar-refractivity contribution in [2.24, 2.45) is 28.6 Å². The molecule has 7 amide bonds. The number of carbonyl (C=O) groups excluding carboxylic acids is 12. The third-order valence-electron chi connectivity index (χ3n) is 19.8. The number of anilines is 2. The maximum absolute atomic E-state index is 14.2. The van der Waals surface area contributed by atoms with Gasteiger partial charge in [0.25, 0.3) is 11.5 Å². The molecule has 0 spiro atoms. The van der Waals surface area contributed by atoms with Crippen molar-refractivity contribution in [3.63, 3.8) is 0 Å². The van der Waals surface area contributed by atoms with Crippen LogP contribution in [-0.2, 0) is 83.2 Å². The number of methoxy groups -OCH3 is 1. The Bertz CT molecular complexity index is 4500. The number of likely N-dealkylation sites (tertiary alicyclic amines) is 1. The molecule has 3 fully saturated rings. The third-order valence-corrected chi connectivity index (χ3v) is 23.6. The molecule has 5 aliphatic rings. The van der Waals surface area contributed by atoms with Crippen LogP contribution in [-0.4, -0.2) is 248 Å². The topological polar surface area (TPSA) is 636 Å². The number of thioether (sulfide) groups is 1. The third kappa shape index (κ3) is 24.3. The van der Waals surface area contributed by atoms with Crippen molar-refractivity contribution in [3.8, 4) is 0 Å². The monoisotopic (exact) mass is 1660 g/mol. The number of Topliss-reactive ketones (excluding diaryl/α,β-unsaturated/α-hetero) is 5. The van der Waals surface area contributed by atoms with Gasteiger partial charge in [0.2, 0.25) is 47.2 Å². The van der Waals surface area contributed by atoms with Crippen LogP contribution in [0.1, 0.15) is 140 Å². The van der Waals surface area contributed by atoms with Gasteiger partial charge in [-0.3, -0.25) is 87.2 Å². The molecule has 1 aliphatic carbocycles. The van der Waals surface area contributed by atoms with Crippen LogP contribution in [0, 0.1) is 23.2 Å². The van der Waals surface area contributed by atoms with Crippen LogP contribution < -0.4 is 59.7 Å². The molecular weight excluding hydrogens is 1570 g/mol. The van der Waals surface area contributed by atoms with Crippen LogP contribution in [0.2, 0.25) is 0 Å². The number of nitrogen functional groups attached to an aromatic ring is 1. The minimum atomic E-state index is -1.94. The number of aromatic amines is 1. The number of nitrogens with one attached hydrogen (secondary N) is 10. The maximum atomic E-state index is 14.2. The molecule has 2 aromatic heterocycles. The fourth-order valence-corrected chi connectivity index (χ4v) is 17.0. The zero-order chi connectivity index (χ0) is 84.1. The van der Waals surface area contributed by atoms with Gasteiger partial charge in [-0.15, -0.1) is 11.8 Å². The Morgan fingerprint density at radius 3 is 2.11 bits per heavy atom. The number of H-pyrrole nitrogens is 1. The average Bonchev–Trinajstić information content (AvgIpc) is 1.50. The number of hydrogen-bond acceptors (Lipinski definition) is 30. The van der Waals surface area contributed by atoms with Gasteiger partial charge in [-0.2, -0.15) is 10.1 Å². The van der Waals surface area contributed by atoms with Crippen molar-refractivity contribution in [1.29, 1.82) is 5.41 Å². The Morgan fingerprint density at radius 2 is 1.45 bits per heavy atom. The summed E-state index contributed by atoms with van der Waals surface area (Å²) in [6.45, 7) is 5.29. The normalized spacial score (nSPS) is 19.5. The molecule has 3 aromatic rings. The Balaban J connectivity index is 0.737. The summed E-state index contributed by atoms with van der Waals surface area (Å²) < 4.78 is 6.15. The number of aromatic nitrogens is 4. The highest BCUT2D eigenvalue weighted by molar-refractivity contribution is 8.76. The number of guanidine groups is 1. The van der Waals surface area contributed by atoms with Gasteiger partial charge < -0.3 is 83.5 Å². The number of carboxylic acids is 4. The quantitative estimate of drug-likeness (QED) is 0.00509. The first-order valence-electron chi connectivity index (χ1n) is 36.8. The summed E-state index contributed by atoms with van der Waals surface area (Å²) in [5.74, 6) is -17.8. The highest BCUT2D eigenvalue weighted by Crippen LogP contribution is 2.57. The number of piperazine rings is 1. The largest absolute Gasteiger partial charge is 0.481 e. The minimum Gasteiger partial charge on any atom is -0.481 e. The molecule has 8 rings (SSSR count). The molecule has 18 N–H and O–H groups in total. The zero-order valence-electron chi connectivity index (χ0n) is 63.3. The number of rotatable bonds is 49. The van der Waals surface area contributed by atoms with E-state index in [2.05, 4.69) is 67.7 Å². The lowest BCUT2D eigenvalue weighted by molar-refractivity contribution is -0.144. The van der Waals surface area contributed by atoms with Crippen LogP contribution in [0.4, 0.5) is 11.6 Å². The number of ketones is 5. The Hall–Kier alpha value is -11.0. The summed E-state index contributed by atoms with van der Waals surface area (Å²) in [6.07, 6.45) is -3.08. The number of nitrogens with two attached hydrogens (primary N) is 2. The van der Waals surface area contributed by atoms with Crippen molar-refractivity contribution in [2.75, 3.05) is 61.6 Å². The predicted molar refractivity (Wildman–Crippen MR) is 416 cm³/mol. The second kappa shape index (κ2) is 41.3.